The maximum absolute atomic E-state index is 12.9. The zero-order chi connectivity index (χ0) is 26.3. The number of halogens is 4. The molecule has 3 rings (SSSR count). The van der Waals surface area contributed by atoms with Gasteiger partial charge < -0.3 is 5.32 Å². The van der Waals surface area contributed by atoms with Crippen molar-refractivity contribution in [1.29, 1.82) is 0 Å². The minimum absolute atomic E-state index is 0.200. The van der Waals surface area contributed by atoms with E-state index >= 15 is 0 Å². The van der Waals surface area contributed by atoms with E-state index in [-0.39, 0.29) is 16.7 Å². The second kappa shape index (κ2) is 12.2. The van der Waals surface area contributed by atoms with Gasteiger partial charge in [0, 0.05) is 29.1 Å². The number of carbonyl (C=O) groups excluding carboxylic acids is 1. The molecule has 1 heterocycles. The molecule has 0 saturated carbocycles. The van der Waals surface area contributed by atoms with Crippen LogP contribution in [0.1, 0.15) is 45.6 Å². The number of unbranched alkanes of at least 4 members (excludes halogenated alkanes) is 2. The molecule has 3 aromatic rings. The molecule has 1 N–H and O–H groups in total. The van der Waals surface area contributed by atoms with Gasteiger partial charge in [0.1, 0.15) is 4.21 Å². The molecule has 0 bridgehead atoms. The largest absolute Gasteiger partial charge is 0.416 e. The van der Waals surface area contributed by atoms with E-state index in [4.69, 9.17) is 11.6 Å². The van der Waals surface area contributed by atoms with E-state index in [1.54, 1.807) is 30.3 Å². The number of carbonyl (C=O) groups is 1. The molecule has 2 aromatic carbocycles. The van der Waals surface area contributed by atoms with Gasteiger partial charge in [-0.05, 0) is 73.4 Å². The first-order valence-electron chi connectivity index (χ1n) is 11.2. The van der Waals surface area contributed by atoms with Crippen molar-refractivity contribution in [2.75, 3.05) is 13.6 Å². The summed E-state index contributed by atoms with van der Waals surface area (Å²) in [6.07, 6.45) is -1.59. The van der Waals surface area contributed by atoms with E-state index in [1.165, 1.54) is 29.6 Å². The highest BCUT2D eigenvalue weighted by atomic mass is 35.5. The summed E-state index contributed by atoms with van der Waals surface area (Å²) >= 11 is 6.93. The van der Waals surface area contributed by atoms with Crippen LogP contribution in [0.5, 0.6) is 0 Å². The molecule has 0 fully saturated rings. The molecule has 194 valence electrons. The summed E-state index contributed by atoms with van der Waals surface area (Å²) in [5, 5.41) is 3.30. The molecule has 0 saturated heterocycles. The lowest BCUT2D eigenvalue weighted by Gasteiger charge is -2.16. The monoisotopic (exact) mass is 558 g/mol. The first-order chi connectivity index (χ1) is 17.0. The van der Waals surface area contributed by atoms with Gasteiger partial charge >= 0.3 is 6.18 Å². The predicted molar refractivity (Wildman–Crippen MR) is 136 cm³/mol. The smallest absolute Gasteiger partial charge is 0.347 e. The molecule has 0 radical (unpaired) electrons. The van der Waals surface area contributed by atoms with Crippen LogP contribution in [-0.4, -0.2) is 32.2 Å². The number of hydrogen-bond donors (Lipinski definition) is 1. The number of amides is 1. The Hall–Kier alpha value is -2.40. The Bertz CT molecular complexity index is 1260. The summed E-state index contributed by atoms with van der Waals surface area (Å²) in [5.74, 6) is -0.280. The lowest BCUT2D eigenvalue weighted by molar-refractivity contribution is -0.137. The number of hydrogen-bond acceptors (Lipinski definition) is 4. The number of nitrogens with one attached hydrogen (secondary N) is 1. The summed E-state index contributed by atoms with van der Waals surface area (Å²) in [4.78, 5) is 12.9. The number of thiophene rings is 1. The Morgan fingerprint density at radius 3 is 2.28 bits per heavy atom. The molecule has 0 aliphatic rings. The van der Waals surface area contributed by atoms with Gasteiger partial charge in [0.2, 0.25) is 0 Å². The standard InChI is InChI=1S/C25H26ClF3N2O3S2/c1-31(16-4-2-3-5-18-6-10-20(11-7-18)25(27,28)29)36(33,34)23-15-14-22(35-23)17-30-24(32)19-8-12-21(26)13-9-19/h6-15H,2-5,16-17H2,1H3,(H,30,32). The molecule has 5 nitrogen and oxygen atoms in total. The summed E-state index contributed by atoms with van der Waals surface area (Å²) < 4.78 is 65.2. The summed E-state index contributed by atoms with van der Waals surface area (Å²) in [5.41, 5.74) is 0.610. The van der Waals surface area contributed by atoms with Gasteiger partial charge in [0.15, 0.2) is 0 Å². The van der Waals surface area contributed by atoms with Crippen LogP contribution in [-0.2, 0) is 29.2 Å². The number of rotatable bonds is 11. The van der Waals surface area contributed by atoms with Crippen LogP contribution >= 0.6 is 22.9 Å². The average molecular weight is 559 g/mol. The van der Waals surface area contributed by atoms with Crippen LogP contribution in [0.2, 0.25) is 5.02 Å². The third kappa shape index (κ3) is 7.80. The van der Waals surface area contributed by atoms with Crippen LogP contribution in [0, 0.1) is 0 Å². The van der Waals surface area contributed by atoms with E-state index in [1.807, 2.05) is 0 Å². The average Bonchev–Trinajstić information content (AvgIpc) is 3.32. The van der Waals surface area contributed by atoms with Crippen molar-refractivity contribution in [3.63, 3.8) is 0 Å². The molecule has 1 amide bonds. The lowest BCUT2D eigenvalue weighted by atomic mass is 10.1. The minimum atomic E-state index is -4.34. The topological polar surface area (TPSA) is 66.5 Å². The Kier molecular flexibility index (Phi) is 9.57. The number of alkyl halides is 3. The van der Waals surface area contributed by atoms with Gasteiger partial charge in [0.25, 0.3) is 15.9 Å². The van der Waals surface area contributed by atoms with E-state index in [0.29, 0.717) is 34.8 Å². The van der Waals surface area contributed by atoms with Gasteiger partial charge in [-0.25, -0.2) is 12.7 Å². The zero-order valence-electron chi connectivity index (χ0n) is 19.5. The fraction of sp³-hybridized carbons (Fsp3) is 0.320. The predicted octanol–water partition coefficient (Wildman–Crippen LogP) is 6.38. The van der Waals surface area contributed by atoms with Crippen LogP contribution in [0.4, 0.5) is 13.2 Å². The van der Waals surface area contributed by atoms with Gasteiger partial charge in [-0.15, -0.1) is 11.3 Å². The summed E-state index contributed by atoms with van der Waals surface area (Å²) in [6.45, 7) is 0.533. The van der Waals surface area contributed by atoms with Gasteiger partial charge in [-0.2, -0.15) is 13.2 Å². The fourth-order valence-corrected chi connectivity index (χ4v) is 6.28. The van der Waals surface area contributed by atoms with E-state index in [9.17, 15) is 26.4 Å². The first kappa shape index (κ1) is 28.2. The molecule has 1 aromatic heterocycles. The SMILES string of the molecule is CN(CCCCCc1ccc(C(F)(F)F)cc1)S(=O)(=O)c1ccc(CNC(=O)c2ccc(Cl)cc2)s1. The van der Waals surface area contributed by atoms with Crippen molar-refractivity contribution < 1.29 is 26.4 Å². The van der Waals surface area contributed by atoms with Crippen LogP contribution in [0.15, 0.2) is 64.9 Å². The van der Waals surface area contributed by atoms with Crippen molar-refractivity contribution in [2.24, 2.45) is 0 Å². The van der Waals surface area contributed by atoms with Crippen molar-refractivity contribution >= 4 is 38.9 Å². The van der Waals surface area contributed by atoms with Gasteiger partial charge in [0.05, 0.1) is 12.1 Å². The molecule has 0 aliphatic heterocycles. The highest BCUT2D eigenvalue weighted by Gasteiger charge is 2.29. The molecule has 36 heavy (non-hydrogen) atoms. The Morgan fingerprint density at radius 2 is 1.64 bits per heavy atom. The van der Waals surface area contributed by atoms with Crippen LogP contribution < -0.4 is 5.32 Å². The lowest BCUT2D eigenvalue weighted by Crippen LogP contribution is -2.27. The Morgan fingerprint density at radius 1 is 0.972 bits per heavy atom. The van der Waals surface area contributed by atoms with E-state index in [0.717, 1.165) is 41.9 Å². The maximum atomic E-state index is 12.9. The number of aryl methyl sites for hydroxylation is 1. The first-order valence-corrected chi connectivity index (χ1v) is 13.9. The third-order valence-corrected chi connectivity index (χ3v) is 9.21. The summed E-state index contributed by atoms with van der Waals surface area (Å²) in [6, 6.07) is 14.8. The van der Waals surface area contributed by atoms with E-state index in [2.05, 4.69) is 5.32 Å². The highest BCUT2D eigenvalue weighted by Crippen LogP contribution is 2.29. The zero-order valence-corrected chi connectivity index (χ0v) is 21.9. The second-order valence-corrected chi connectivity index (χ2v) is 12.1. The van der Waals surface area contributed by atoms with Crippen molar-refractivity contribution in [1.82, 2.24) is 9.62 Å². The van der Waals surface area contributed by atoms with Crippen molar-refractivity contribution in [3.05, 3.63) is 87.3 Å². The van der Waals surface area contributed by atoms with Gasteiger partial charge in [-0.3, -0.25) is 4.79 Å². The van der Waals surface area contributed by atoms with E-state index < -0.39 is 21.8 Å². The van der Waals surface area contributed by atoms with Crippen molar-refractivity contribution in [3.8, 4) is 0 Å². The van der Waals surface area contributed by atoms with Crippen molar-refractivity contribution in [2.45, 2.75) is 42.6 Å². The van der Waals surface area contributed by atoms with Crippen LogP contribution in [0.3, 0.4) is 0 Å². The Balaban J connectivity index is 1.43. The second-order valence-electron chi connectivity index (χ2n) is 8.24. The fourth-order valence-electron chi connectivity index (χ4n) is 3.44. The normalized spacial score (nSPS) is 12.2. The quantitative estimate of drug-likeness (QED) is 0.278. The van der Waals surface area contributed by atoms with Gasteiger partial charge in [-0.1, -0.05) is 30.2 Å². The maximum Gasteiger partial charge on any atom is 0.416 e. The molecule has 0 atom stereocenters. The summed E-state index contributed by atoms with van der Waals surface area (Å²) in [7, 11) is -2.13. The molecule has 11 heteroatoms. The molecular formula is C25H26ClF3N2O3S2. The number of nitrogens with zero attached hydrogens (tertiary/aromatic N) is 1. The number of benzene rings is 2. The van der Waals surface area contributed by atoms with Crippen LogP contribution in [0.25, 0.3) is 0 Å². The molecule has 0 spiro atoms. The number of sulfonamides is 1. The Labute approximate surface area is 218 Å². The minimum Gasteiger partial charge on any atom is -0.347 e. The highest BCUT2D eigenvalue weighted by molar-refractivity contribution is 7.91. The molecular weight excluding hydrogens is 533 g/mol. The third-order valence-electron chi connectivity index (χ3n) is 5.55. The molecule has 0 aliphatic carbocycles. The molecule has 0 unspecified atom stereocenters.